The highest BCUT2D eigenvalue weighted by atomic mass is 32.2. The summed E-state index contributed by atoms with van der Waals surface area (Å²) in [6, 6.07) is 6.77. The van der Waals surface area contributed by atoms with Crippen LogP contribution < -0.4 is 5.32 Å². The summed E-state index contributed by atoms with van der Waals surface area (Å²) in [5, 5.41) is 13.8. The van der Waals surface area contributed by atoms with Crippen LogP contribution >= 0.6 is 11.8 Å². The molecular weight excluding hydrogens is 250 g/mol. The van der Waals surface area contributed by atoms with Gasteiger partial charge in [-0.2, -0.15) is 0 Å². The maximum Gasteiger partial charge on any atom is 0.269 e. The van der Waals surface area contributed by atoms with Crippen molar-refractivity contribution in [1.29, 1.82) is 0 Å². The van der Waals surface area contributed by atoms with E-state index < -0.39 is 0 Å². The van der Waals surface area contributed by atoms with E-state index >= 15 is 0 Å². The number of nitro benzene ring substituents is 1. The number of rotatable bonds is 5. The maximum atomic E-state index is 10.5. The van der Waals surface area contributed by atoms with Gasteiger partial charge in [-0.15, -0.1) is 11.8 Å². The number of thioether (sulfide) groups is 1. The van der Waals surface area contributed by atoms with Crippen LogP contribution in [0.2, 0.25) is 0 Å². The standard InChI is InChI=1S/C12H17N3O2S/c16-15(17)11-1-3-12(4-2-11)18-10-9-14-7-5-13-6-8-14/h1-4,13H,5-10H2. The van der Waals surface area contributed by atoms with E-state index in [1.54, 1.807) is 23.9 Å². The van der Waals surface area contributed by atoms with E-state index in [1.807, 2.05) is 12.1 Å². The smallest absolute Gasteiger partial charge is 0.269 e. The Balaban J connectivity index is 1.74. The molecule has 0 bridgehead atoms. The molecule has 1 aromatic carbocycles. The van der Waals surface area contributed by atoms with Crippen LogP contribution in [-0.4, -0.2) is 48.3 Å². The fraction of sp³-hybridized carbons (Fsp3) is 0.500. The summed E-state index contributed by atoms with van der Waals surface area (Å²) in [4.78, 5) is 13.7. The van der Waals surface area contributed by atoms with Gasteiger partial charge < -0.3 is 5.32 Å². The van der Waals surface area contributed by atoms with Gasteiger partial charge in [0.25, 0.3) is 5.69 Å². The first kappa shape index (κ1) is 13.3. The van der Waals surface area contributed by atoms with Gasteiger partial charge in [0.1, 0.15) is 0 Å². The van der Waals surface area contributed by atoms with Crippen LogP contribution in [0.5, 0.6) is 0 Å². The van der Waals surface area contributed by atoms with Gasteiger partial charge in [0.15, 0.2) is 0 Å². The Morgan fingerprint density at radius 2 is 1.94 bits per heavy atom. The van der Waals surface area contributed by atoms with E-state index in [-0.39, 0.29) is 10.6 Å². The SMILES string of the molecule is O=[N+]([O-])c1ccc(SCCN2CCNCC2)cc1. The monoisotopic (exact) mass is 267 g/mol. The van der Waals surface area contributed by atoms with Crippen molar-refractivity contribution >= 4 is 17.4 Å². The average molecular weight is 267 g/mol. The van der Waals surface area contributed by atoms with E-state index in [1.165, 1.54) is 0 Å². The van der Waals surface area contributed by atoms with Crippen LogP contribution in [0.15, 0.2) is 29.2 Å². The molecule has 1 fully saturated rings. The number of hydrogen-bond acceptors (Lipinski definition) is 5. The van der Waals surface area contributed by atoms with Gasteiger partial charge in [-0.25, -0.2) is 0 Å². The molecule has 0 amide bonds. The third-order valence-electron chi connectivity index (χ3n) is 2.93. The fourth-order valence-corrected chi connectivity index (χ4v) is 2.81. The zero-order valence-electron chi connectivity index (χ0n) is 10.2. The highest BCUT2D eigenvalue weighted by Gasteiger charge is 2.09. The van der Waals surface area contributed by atoms with Crippen molar-refractivity contribution in [2.45, 2.75) is 4.90 Å². The Hall–Kier alpha value is -1.11. The van der Waals surface area contributed by atoms with Gasteiger partial charge in [-0.3, -0.25) is 15.0 Å². The van der Waals surface area contributed by atoms with Gasteiger partial charge in [0.2, 0.25) is 0 Å². The summed E-state index contributed by atoms with van der Waals surface area (Å²) in [7, 11) is 0. The highest BCUT2D eigenvalue weighted by molar-refractivity contribution is 7.99. The molecule has 1 saturated heterocycles. The molecule has 1 N–H and O–H groups in total. The van der Waals surface area contributed by atoms with Crippen molar-refractivity contribution in [1.82, 2.24) is 10.2 Å². The Kier molecular flexibility index (Phi) is 4.98. The molecule has 0 radical (unpaired) electrons. The second-order valence-electron chi connectivity index (χ2n) is 4.19. The largest absolute Gasteiger partial charge is 0.314 e. The lowest BCUT2D eigenvalue weighted by Gasteiger charge is -2.26. The summed E-state index contributed by atoms with van der Waals surface area (Å²) in [5.74, 6) is 1.03. The maximum absolute atomic E-state index is 10.5. The van der Waals surface area contributed by atoms with E-state index in [4.69, 9.17) is 0 Å². The van der Waals surface area contributed by atoms with Gasteiger partial charge >= 0.3 is 0 Å². The Labute approximate surface area is 111 Å². The molecule has 98 valence electrons. The first-order chi connectivity index (χ1) is 8.75. The molecule has 0 atom stereocenters. The Morgan fingerprint density at radius 3 is 2.56 bits per heavy atom. The van der Waals surface area contributed by atoms with Crippen LogP contribution in [0.1, 0.15) is 0 Å². The molecule has 1 heterocycles. The third-order valence-corrected chi connectivity index (χ3v) is 3.93. The number of nitrogens with zero attached hydrogens (tertiary/aromatic N) is 2. The van der Waals surface area contributed by atoms with Crippen molar-refractivity contribution in [3.63, 3.8) is 0 Å². The van der Waals surface area contributed by atoms with Crippen LogP contribution in [0, 0.1) is 10.1 Å². The zero-order valence-corrected chi connectivity index (χ0v) is 11.0. The topological polar surface area (TPSA) is 58.4 Å². The molecule has 1 aliphatic heterocycles. The van der Waals surface area contributed by atoms with Crippen molar-refractivity contribution in [3.05, 3.63) is 34.4 Å². The molecule has 5 nitrogen and oxygen atoms in total. The minimum atomic E-state index is -0.366. The lowest BCUT2D eigenvalue weighted by molar-refractivity contribution is -0.384. The van der Waals surface area contributed by atoms with Gasteiger partial charge in [-0.1, -0.05) is 0 Å². The summed E-state index contributed by atoms with van der Waals surface area (Å²) in [5.41, 5.74) is 0.154. The lowest BCUT2D eigenvalue weighted by atomic mass is 10.3. The number of nitro groups is 1. The molecule has 0 aliphatic carbocycles. The molecule has 18 heavy (non-hydrogen) atoms. The number of benzene rings is 1. The first-order valence-electron chi connectivity index (χ1n) is 6.06. The van der Waals surface area contributed by atoms with Gasteiger partial charge in [0.05, 0.1) is 4.92 Å². The number of nitrogens with one attached hydrogen (secondary N) is 1. The van der Waals surface area contributed by atoms with E-state index in [0.717, 1.165) is 43.4 Å². The second kappa shape index (κ2) is 6.72. The average Bonchev–Trinajstić information content (AvgIpc) is 2.40. The number of hydrogen-bond donors (Lipinski definition) is 1. The van der Waals surface area contributed by atoms with E-state index in [0.29, 0.717) is 0 Å². The molecule has 0 unspecified atom stereocenters. The minimum absolute atomic E-state index is 0.154. The molecular formula is C12H17N3O2S. The summed E-state index contributed by atoms with van der Waals surface area (Å²) in [6.07, 6.45) is 0. The highest BCUT2D eigenvalue weighted by Crippen LogP contribution is 2.21. The van der Waals surface area contributed by atoms with Crippen LogP contribution in [0.25, 0.3) is 0 Å². The Morgan fingerprint density at radius 1 is 1.28 bits per heavy atom. The van der Waals surface area contributed by atoms with Crippen molar-refractivity contribution in [2.24, 2.45) is 0 Å². The Bertz CT molecular complexity index is 391. The summed E-state index contributed by atoms with van der Waals surface area (Å²) >= 11 is 1.75. The van der Waals surface area contributed by atoms with Crippen LogP contribution in [0.4, 0.5) is 5.69 Å². The molecule has 0 spiro atoms. The normalized spacial score (nSPS) is 16.7. The first-order valence-corrected chi connectivity index (χ1v) is 7.04. The van der Waals surface area contributed by atoms with Crippen molar-refractivity contribution < 1.29 is 4.92 Å². The summed E-state index contributed by atoms with van der Waals surface area (Å²) < 4.78 is 0. The van der Waals surface area contributed by atoms with Crippen LogP contribution in [0.3, 0.4) is 0 Å². The van der Waals surface area contributed by atoms with Crippen molar-refractivity contribution in [2.75, 3.05) is 38.5 Å². The molecule has 2 rings (SSSR count). The zero-order chi connectivity index (χ0) is 12.8. The fourth-order valence-electron chi connectivity index (χ4n) is 1.89. The predicted octanol–water partition coefficient (Wildman–Crippen LogP) is 1.59. The van der Waals surface area contributed by atoms with Gasteiger partial charge in [-0.05, 0) is 12.1 Å². The van der Waals surface area contributed by atoms with Crippen molar-refractivity contribution in [3.8, 4) is 0 Å². The number of non-ortho nitro benzene ring substituents is 1. The van der Waals surface area contributed by atoms with E-state index in [2.05, 4.69) is 10.2 Å². The predicted molar refractivity (Wildman–Crippen MR) is 73.1 cm³/mol. The molecule has 0 aromatic heterocycles. The quantitative estimate of drug-likeness (QED) is 0.499. The summed E-state index contributed by atoms with van der Waals surface area (Å²) in [6.45, 7) is 5.44. The molecule has 6 heteroatoms. The molecule has 0 saturated carbocycles. The van der Waals surface area contributed by atoms with E-state index in [9.17, 15) is 10.1 Å². The van der Waals surface area contributed by atoms with Crippen LogP contribution in [-0.2, 0) is 0 Å². The molecule has 1 aromatic rings. The molecule has 1 aliphatic rings. The second-order valence-corrected chi connectivity index (χ2v) is 5.36. The van der Waals surface area contributed by atoms with Gasteiger partial charge in [0, 0.05) is 55.5 Å². The minimum Gasteiger partial charge on any atom is -0.314 e. The lowest BCUT2D eigenvalue weighted by Crippen LogP contribution is -2.44. The number of piperazine rings is 1. The third kappa shape index (κ3) is 3.97.